The first-order valence-corrected chi connectivity index (χ1v) is 15.1. The van der Waals surface area contributed by atoms with Crippen molar-refractivity contribution in [3.05, 3.63) is 69.7 Å². The van der Waals surface area contributed by atoms with Crippen molar-refractivity contribution in [1.82, 2.24) is 4.90 Å². The molecule has 1 heterocycles. The van der Waals surface area contributed by atoms with Crippen molar-refractivity contribution in [2.45, 2.75) is 87.2 Å². The highest BCUT2D eigenvalue weighted by Gasteiger charge is 2.52. The quantitative estimate of drug-likeness (QED) is 0.448. The van der Waals surface area contributed by atoms with Gasteiger partial charge in [-0.15, -0.1) is 0 Å². The molecule has 1 saturated carbocycles. The van der Waals surface area contributed by atoms with Crippen LogP contribution in [0.3, 0.4) is 0 Å². The van der Waals surface area contributed by atoms with E-state index in [1.165, 1.54) is 0 Å². The molecule has 2 aromatic rings. The second-order valence-electron chi connectivity index (χ2n) is 11.0. The first kappa shape index (κ1) is 28.9. The molecule has 0 bridgehead atoms. The number of carbonyl (C=O) groups is 2. The molecule has 2 aliphatic rings. The Balaban J connectivity index is 1.92. The van der Waals surface area contributed by atoms with Gasteiger partial charge in [0.1, 0.15) is 12.2 Å². The molecule has 206 valence electrons. The molecule has 1 amide bonds. The van der Waals surface area contributed by atoms with E-state index in [1.54, 1.807) is 68.1 Å². The maximum absolute atomic E-state index is 14.1. The zero-order valence-electron chi connectivity index (χ0n) is 21.6. The third-order valence-corrected chi connectivity index (χ3v) is 11.0. The lowest BCUT2D eigenvalue weighted by atomic mass is 9.86. The van der Waals surface area contributed by atoms with Gasteiger partial charge < -0.3 is 14.7 Å². The van der Waals surface area contributed by atoms with E-state index in [-0.39, 0.29) is 0 Å². The Morgan fingerprint density at radius 2 is 1.68 bits per heavy atom. The van der Waals surface area contributed by atoms with Gasteiger partial charge in [-0.25, -0.2) is 8.42 Å². The molecule has 1 aliphatic heterocycles. The second-order valence-corrected chi connectivity index (χ2v) is 14.8. The molecule has 5 atom stereocenters. The number of benzene rings is 2. The fraction of sp³-hybridized carbons (Fsp3) is 0.500. The molecular formula is C28H33Cl2NO6S. The SMILES string of the molecule is CC(C)(C)S(=O)(=O)[C@H]1CCCC[C@@H]1N1C(=O)[C@@H](CC(=O)O)O[C@H](c2cccc(Cl)c2)C1c1ccc(Cl)cc1. The van der Waals surface area contributed by atoms with E-state index in [4.69, 9.17) is 27.9 Å². The Hall–Kier alpha value is -2.13. The molecule has 1 saturated heterocycles. The van der Waals surface area contributed by atoms with Crippen molar-refractivity contribution in [2.24, 2.45) is 0 Å². The van der Waals surface area contributed by atoms with Gasteiger partial charge in [0.05, 0.1) is 22.5 Å². The van der Waals surface area contributed by atoms with Gasteiger partial charge in [0, 0.05) is 16.1 Å². The number of ether oxygens (including phenoxy) is 1. The van der Waals surface area contributed by atoms with E-state index in [0.29, 0.717) is 34.0 Å². The highest BCUT2D eigenvalue weighted by Crippen LogP contribution is 2.47. The number of carbonyl (C=O) groups excluding carboxylic acids is 1. The molecule has 0 radical (unpaired) electrons. The van der Waals surface area contributed by atoms with Crippen molar-refractivity contribution in [3.63, 3.8) is 0 Å². The summed E-state index contributed by atoms with van der Waals surface area (Å²) >= 11 is 12.5. The summed E-state index contributed by atoms with van der Waals surface area (Å²) < 4.78 is 32.8. The molecular weight excluding hydrogens is 549 g/mol. The number of nitrogens with zero attached hydrogens (tertiary/aromatic N) is 1. The number of aliphatic carboxylic acids is 1. The number of halogens is 2. The van der Waals surface area contributed by atoms with Crippen LogP contribution in [-0.2, 0) is 24.2 Å². The summed E-state index contributed by atoms with van der Waals surface area (Å²) in [5.74, 6) is -1.70. The fourth-order valence-corrected chi connectivity index (χ4v) is 7.96. The molecule has 2 aromatic carbocycles. The van der Waals surface area contributed by atoms with Gasteiger partial charge >= 0.3 is 5.97 Å². The van der Waals surface area contributed by atoms with Crippen molar-refractivity contribution < 1.29 is 27.9 Å². The number of hydrogen-bond acceptors (Lipinski definition) is 5. The Kier molecular flexibility index (Phi) is 8.48. The number of rotatable bonds is 6. The number of morpholine rings is 1. The van der Waals surface area contributed by atoms with E-state index in [9.17, 15) is 23.1 Å². The summed E-state index contributed by atoms with van der Waals surface area (Å²) in [7, 11) is -3.66. The Morgan fingerprint density at radius 3 is 2.29 bits per heavy atom. The number of sulfone groups is 1. The highest BCUT2D eigenvalue weighted by atomic mass is 35.5. The first-order valence-electron chi connectivity index (χ1n) is 12.7. The largest absolute Gasteiger partial charge is 0.481 e. The molecule has 0 aromatic heterocycles. The van der Waals surface area contributed by atoms with Crippen molar-refractivity contribution >= 4 is 44.9 Å². The van der Waals surface area contributed by atoms with Crippen LogP contribution in [0.15, 0.2) is 48.5 Å². The second kappa shape index (κ2) is 11.2. The van der Waals surface area contributed by atoms with Crippen LogP contribution in [0, 0.1) is 0 Å². The van der Waals surface area contributed by atoms with Crippen molar-refractivity contribution in [3.8, 4) is 0 Å². The third kappa shape index (κ3) is 5.74. The average molecular weight is 583 g/mol. The molecule has 1 N–H and O–H groups in total. The number of carboxylic acid groups (broad SMARTS) is 1. The lowest BCUT2D eigenvalue weighted by molar-refractivity contribution is -0.184. The maximum atomic E-state index is 14.1. The minimum atomic E-state index is -3.66. The Morgan fingerprint density at radius 1 is 1.03 bits per heavy atom. The normalized spacial score (nSPS) is 26.8. The maximum Gasteiger partial charge on any atom is 0.306 e. The molecule has 0 spiro atoms. The van der Waals surface area contributed by atoms with Gasteiger partial charge in [-0.1, -0.05) is 60.3 Å². The summed E-state index contributed by atoms with van der Waals surface area (Å²) in [5, 5.41) is 9.78. The topological polar surface area (TPSA) is 101 Å². The summed E-state index contributed by atoms with van der Waals surface area (Å²) in [6, 6.07) is 12.7. The third-order valence-electron chi connectivity index (χ3n) is 7.45. The van der Waals surface area contributed by atoms with E-state index in [0.717, 1.165) is 12.8 Å². The minimum Gasteiger partial charge on any atom is -0.481 e. The molecule has 1 aliphatic carbocycles. The Labute approximate surface area is 234 Å². The van der Waals surface area contributed by atoms with Gasteiger partial charge in [-0.3, -0.25) is 9.59 Å². The predicted molar refractivity (Wildman–Crippen MR) is 147 cm³/mol. The monoisotopic (exact) mass is 581 g/mol. The Bertz CT molecular complexity index is 1290. The van der Waals surface area contributed by atoms with Crippen LogP contribution in [0.25, 0.3) is 0 Å². The zero-order chi connectivity index (χ0) is 27.8. The molecule has 4 rings (SSSR count). The minimum absolute atomic E-state index is 0.424. The van der Waals surface area contributed by atoms with Crippen LogP contribution in [0.5, 0.6) is 0 Å². The smallest absolute Gasteiger partial charge is 0.306 e. The highest BCUT2D eigenvalue weighted by molar-refractivity contribution is 7.93. The van der Waals surface area contributed by atoms with Crippen LogP contribution >= 0.6 is 23.2 Å². The number of carboxylic acids is 1. The standard InChI is InChI=1S/C28H33Cl2NO6S/c1-28(2,3)38(35,36)23-10-5-4-9-21(23)31-25(17-11-13-19(29)14-12-17)26(18-7-6-8-20(30)15-18)37-22(27(31)34)16-24(32)33/h6-8,11-15,21-23,25-26H,4-5,9-10,16H2,1-3H3,(H,32,33)/t21-,22+,23-,25?,26+/m0/s1. The van der Waals surface area contributed by atoms with E-state index in [2.05, 4.69) is 0 Å². The van der Waals surface area contributed by atoms with E-state index >= 15 is 0 Å². The van der Waals surface area contributed by atoms with Gasteiger partial charge in [0.2, 0.25) is 0 Å². The molecule has 10 heteroatoms. The van der Waals surface area contributed by atoms with E-state index < -0.39 is 62.4 Å². The molecule has 7 nitrogen and oxygen atoms in total. The summed E-state index contributed by atoms with van der Waals surface area (Å²) in [6.07, 6.45) is -0.202. The summed E-state index contributed by atoms with van der Waals surface area (Å²) in [5.41, 5.74) is 1.37. The zero-order valence-corrected chi connectivity index (χ0v) is 24.0. The fourth-order valence-electron chi connectivity index (χ4n) is 5.57. The summed E-state index contributed by atoms with van der Waals surface area (Å²) in [4.78, 5) is 27.4. The number of amides is 1. The lowest BCUT2D eigenvalue weighted by Crippen LogP contribution is -2.61. The van der Waals surface area contributed by atoms with Gasteiger partial charge in [-0.2, -0.15) is 0 Å². The van der Waals surface area contributed by atoms with Gasteiger partial charge in [0.25, 0.3) is 5.91 Å². The van der Waals surface area contributed by atoms with Crippen LogP contribution < -0.4 is 0 Å². The van der Waals surface area contributed by atoms with Crippen LogP contribution in [0.1, 0.15) is 76.1 Å². The van der Waals surface area contributed by atoms with Crippen LogP contribution in [0.4, 0.5) is 0 Å². The van der Waals surface area contributed by atoms with Gasteiger partial charge in [0.15, 0.2) is 9.84 Å². The molecule has 2 fully saturated rings. The number of hydrogen-bond donors (Lipinski definition) is 1. The lowest BCUT2D eigenvalue weighted by Gasteiger charge is -2.51. The van der Waals surface area contributed by atoms with E-state index in [1.807, 2.05) is 6.07 Å². The first-order chi connectivity index (χ1) is 17.8. The summed E-state index contributed by atoms with van der Waals surface area (Å²) in [6.45, 7) is 5.02. The predicted octanol–water partition coefficient (Wildman–Crippen LogP) is 6.00. The average Bonchev–Trinajstić information content (AvgIpc) is 2.84. The van der Waals surface area contributed by atoms with Crippen molar-refractivity contribution in [1.29, 1.82) is 0 Å². The van der Waals surface area contributed by atoms with Crippen LogP contribution in [0.2, 0.25) is 10.0 Å². The molecule has 1 unspecified atom stereocenters. The van der Waals surface area contributed by atoms with Gasteiger partial charge in [-0.05, 0) is 69.0 Å². The van der Waals surface area contributed by atoms with Crippen molar-refractivity contribution in [2.75, 3.05) is 0 Å². The molecule has 38 heavy (non-hydrogen) atoms. The van der Waals surface area contributed by atoms with Crippen LogP contribution in [-0.4, -0.2) is 52.4 Å².